The molecule has 2 N–H and O–H groups in total. The van der Waals surface area contributed by atoms with E-state index in [9.17, 15) is 0 Å². The molecule has 0 spiro atoms. The van der Waals surface area contributed by atoms with Crippen LogP contribution in [-0.4, -0.2) is 4.98 Å². The van der Waals surface area contributed by atoms with Crippen LogP contribution in [0.1, 0.15) is 5.56 Å². The zero-order valence-electron chi connectivity index (χ0n) is 9.77. The van der Waals surface area contributed by atoms with E-state index in [1.54, 1.807) is 17.4 Å². The van der Waals surface area contributed by atoms with Crippen LogP contribution >= 0.6 is 22.9 Å². The molecular weight excluding hydrogens is 264 g/mol. The van der Waals surface area contributed by atoms with Crippen LogP contribution in [0.3, 0.4) is 0 Å². The van der Waals surface area contributed by atoms with E-state index in [0.717, 1.165) is 16.1 Å². The summed E-state index contributed by atoms with van der Waals surface area (Å²) in [6.07, 6.45) is 0. The Morgan fingerprint density at radius 1 is 1.22 bits per heavy atom. The van der Waals surface area contributed by atoms with Gasteiger partial charge in [-0.25, -0.2) is 4.98 Å². The summed E-state index contributed by atoms with van der Waals surface area (Å²) in [7, 11) is 0. The molecule has 0 fully saturated rings. The molecule has 0 aliphatic rings. The number of aryl methyl sites for hydroxylation is 1. The van der Waals surface area contributed by atoms with Crippen LogP contribution in [0.15, 0.2) is 36.4 Å². The minimum absolute atomic E-state index is 0.572. The molecule has 4 heteroatoms. The smallest absolute Gasteiger partial charge is 0.126 e. The molecule has 3 rings (SSSR count). The Bertz CT molecular complexity index is 734. The first-order valence-electron chi connectivity index (χ1n) is 5.57. The molecule has 0 aliphatic carbocycles. The van der Waals surface area contributed by atoms with Gasteiger partial charge in [0.25, 0.3) is 0 Å². The van der Waals surface area contributed by atoms with E-state index in [-0.39, 0.29) is 0 Å². The van der Waals surface area contributed by atoms with Gasteiger partial charge in [0.05, 0.1) is 20.9 Å². The van der Waals surface area contributed by atoms with Crippen LogP contribution in [0.5, 0.6) is 0 Å². The number of aromatic nitrogens is 1. The maximum Gasteiger partial charge on any atom is 0.126 e. The summed E-state index contributed by atoms with van der Waals surface area (Å²) in [6, 6.07) is 11.9. The third-order valence-corrected chi connectivity index (χ3v) is 4.21. The van der Waals surface area contributed by atoms with Gasteiger partial charge in [-0.1, -0.05) is 23.7 Å². The normalized spacial score (nSPS) is 11.0. The summed E-state index contributed by atoms with van der Waals surface area (Å²) in [5.41, 5.74) is 9.73. The molecule has 0 radical (unpaired) electrons. The fourth-order valence-corrected chi connectivity index (χ4v) is 3.15. The monoisotopic (exact) mass is 274 g/mol. The van der Waals surface area contributed by atoms with Crippen molar-refractivity contribution in [3.8, 4) is 10.6 Å². The Kier molecular flexibility index (Phi) is 2.73. The van der Waals surface area contributed by atoms with Gasteiger partial charge in [-0.2, -0.15) is 0 Å². The minimum atomic E-state index is 0.572. The second-order valence-electron chi connectivity index (χ2n) is 4.19. The second-order valence-corrected chi connectivity index (χ2v) is 5.63. The van der Waals surface area contributed by atoms with Crippen LogP contribution in [-0.2, 0) is 0 Å². The van der Waals surface area contributed by atoms with Crippen LogP contribution < -0.4 is 5.73 Å². The van der Waals surface area contributed by atoms with Crippen molar-refractivity contribution in [1.29, 1.82) is 0 Å². The zero-order chi connectivity index (χ0) is 12.7. The van der Waals surface area contributed by atoms with Crippen LogP contribution in [0.25, 0.3) is 20.8 Å². The van der Waals surface area contributed by atoms with Crippen LogP contribution in [0.4, 0.5) is 5.69 Å². The minimum Gasteiger partial charge on any atom is -0.397 e. The Morgan fingerprint density at radius 2 is 2.06 bits per heavy atom. The van der Waals surface area contributed by atoms with E-state index in [2.05, 4.69) is 24.0 Å². The third kappa shape index (κ3) is 1.85. The van der Waals surface area contributed by atoms with Crippen LogP contribution in [0, 0.1) is 6.92 Å². The molecule has 0 aliphatic heterocycles. The van der Waals surface area contributed by atoms with Crippen molar-refractivity contribution in [3.05, 3.63) is 47.0 Å². The van der Waals surface area contributed by atoms with Gasteiger partial charge in [0.2, 0.25) is 0 Å². The lowest BCUT2D eigenvalue weighted by Crippen LogP contribution is -1.90. The molecule has 0 bridgehead atoms. The average molecular weight is 275 g/mol. The van der Waals surface area contributed by atoms with Crippen molar-refractivity contribution in [3.63, 3.8) is 0 Å². The number of anilines is 1. The molecule has 0 unspecified atom stereocenters. The van der Waals surface area contributed by atoms with Gasteiger partial charge in [0.1, 0.15) is 5.01 Å². The topological polar surface area (TPSA) is 38.9 Å². The number of fused-ring (bicyclic) bond motifs is 1. The molecule has 0 saturated carbocycles. The summed E-state index contributed by atoms with van der Waals surface area (Å²) in [4.78, 5) is 4.61. The van der Waals surface area contributed by atoms with Crippen LogP contribution in [0.2, 0.25) is 5.02 Å². The molecule has 0 amide bonds. The van der Waals surface area contributed by atoms with E-state index in [1.165, 1.54) is 10.3 Å². The fraction of sp³-hybridized carbons (Fsp3) is 0.0714. The molecule has 2 nitrogen and oxygen atoms in total. The first kappa shape index (κ1) is 11.5. The quantitative estimate of drug-likeness (QED) is 0.663. The summed E-state index contributed by atoms with van der Waals surface area (Å²) in [5.74, 6) is 0. The highest BCUT2D eigenvalue weighted by molar-refractivity contribution is 7.21. The number of nitrogen functional groups attached to an aromatic ring is 1. The lowest BCUT2D eigenvalue weighted by Gasteiger charge is -2.02. The maximum atomic E-state index is 6.04. The molecule has 3 aromatic rings. The lowest BCUT2D eigenvalue weighted by molar-refractivity contribution is 1.45. The highest BCUT2D eigenvalue weighted by atomic mass is 35.5. The summed E-state index contributed by atoms with van der Waals surface area (Å²) >= 11 is 7.68. The lowest BCUT2D eigenvalue weighted by atomic mass is 10.2. The Hall–Kier alpha value is -1.58. The van der Waals surface area contributed by atoms with Gasteiger partial charge in [-0.05, 0) is 36.8 Å². The first-order chi connectivity index (χ1) is 8.65. The fourth-order valence-electron chi connectivity index (χ4n) is 1.87. The molecule has 2 aromatic carbocycles. The van der Waals surface area contributed by atoms with E-state index >= 15 is 0 Å². The highest BCUT2D eigenvalue weighted by Gasteiger charge is 2.10. The zero-order valence-corrected chi connectivity index (χ0v) is 11.3. The number of nitrogens with zero attached hydrogens (tertiary/aromatic N) is 1. The number of rotatable bonds is 1. The number of hydrogen-bond donors (Lipinski definition) is 1. The molecule has 1 aromatic heterocycles. The summed E-state index contributed by atoms with van der Waals surface area (Å²) < 4.78 is 1.17. The molecule has 0 atom stereocenters. The maximum absolute atomic E-state index is 6.04. The number of thiazole rings is 1. The van der Waals surface area contributed by atoms with Gasteiger partial charge >= 0.3 is 0 Å². The highest BCUT2D eigenvalue weighted by Crippen LogP contribution is 2.36. The number of hydrogen-bond acceptors (Lipinski definition) is 3. The van der Waals surface area contributed by atoms with E-state index in [1.807, 2.05) is 18.2 Å². The number of nitrogens with two attached hydrogens (primary N) is 1. The molecule has 18 heavy (non-hydrogen) atoms. The Labute approximate surface area is 114 Å². The molecule has 1 heterocycles. The van der Waals surface area contributed by atoms with Crippen molar-refractivity contribution in [2.75, 3.05) is 5.73 Å². The van der Waals surface area contributed by atoms with Crippen molar-refractivity contribution in [2.24, 2.45) is 0 Å². The predicted octanol–water partition coefficient (Wildman–Crippen LogP) is 4.51. The summed E-state index contributed by atoms with van der Waals surface area (Å²) in [5, 5.41) is 1.48. The van der Waals surface area contributed by atoms with Crippen molar-refractivity contribution in [2.45, 2.75) is 6.92 Å². The first-order valence-corrected chi connectivity index (χ1v) is 6.76. The van der Waals surface area contributed by atoms with Gasteiger partial charge < -0.3 is 5.73 Å². The molecule has 90 valence electrons. The van der Waals surface area contributed by atoms with E-state index < -0.39 is 0 Å². The largest absolute Gasteiger partial charge is 0.397 e. The van der Waals surface area contributed by atoms with E-state index in [4.69, 9.17) is 17.3 Å². The van der Waals surface area contributed by atoms with Crippen molar-refractivity contribution < 1.29 is 0 Å². The summed E-state index contributed by atoms with van der Waals surface area (Å²) in [6.45, 7) is 2.08. The van der Waals surface area contributed by atoms with Gasteiger partial charge in [0.15, 0.2) is 0 Å². The van der Waals surface area contributed by atoms with Gasteiger partial charge in [-0.15, -0.1) is 11.3 Å². The second kappa shape index (κ2) is 4.26. The van der Waals surface area contributed by atoms with Gasteiger partial charge in [-0.3, -0.25) is 0 Å². The number of benzene rings is 2. The Balaban J connectivity index is 2.22. The number of para-hydroxylation sites is 1. The molecular formula is C14H11ClN2S. The third-order valence-electron chi connectivity index (χ3n) is 2.83. The van der Waals surface area contributed by atoms with Gasteiger partial charge in [0, 0.05) is 5.56 Å². The number of halogens is 1. The standard InChI is InChI=1S/C14H11ClN2S/c1-8-5-6-11-12(7-8)18-14(17-11)9-3-2-4-10(15)13(9)16/h2-7H,16H2,1H3. The van der Waals surface area contributed by atoms with Crippen molar-refractivity contribution >= 4 is 38.8 Å². The predicted molar refractivity (Wildman–Crippen MR) is 79.2 cm³/mol. The van der Waals surface area contributed by atoms with Crippen molar-refractivity contribution in [1.82, 2.24) is 4.98 Å². The average Bonchev–Trinajstić information content (AvgIpc) is 2.75. The Morgan fingerprint density at radius 3 is 2.89 bits per heavy atom. The van der Waals surface area contributed by atoms with E-state index in [0.29, 0.717) is 10.7 Å². The SMILES string of the molecule is Cc1ccc2nc(-c3cccc(Cl)c3N)sc2c1. The molecule has 0 saturated heterocycles.